The van der Waals surface area contributed by atoms with Crippen LogP contribution < -0.4 is 5.32 Å². The van der Waals surface area contributed by atoms with Crippen LogP contribution in [0.4, 0.5) is 0 Å². The third-order valence-corrected chi connectivity index (χ3v) is 5.83. The molecule has 0 saturated carbocycles. The van der Waals surface area contributed by atoms with E-state index in [1.54, 1.807) is 0 Å². The van der Waals surface area contributed by atoms with Crippen molar-refractivity contribution in [3.05, 3.63) is 46.2 Å². The van der Waals surface area contributed by atoms with Gasteiger partial charge in [0.25, 0.3) is 0 Å². The second-order valence-electron chi connectivity index (χ2n) is 7.19. The Morgan fingerprint density at radius 2 is 1.81 bits per heavy atom. The molecule has 140 valence electrons. The highest BCUT2D eigenvalue weighted by Gasteiger charge is 2.38. The van der Waals surface area contributed by atoms with Crippen LogP contribution in [0.3, 0.4) is 0 Å². The molecule has 0 aliphatic carbocycles. The number of hydrogen-bond acceptors (Lipinski definition) is 3. The van der Waals surface area contributed by atoms with Gasteiger partial charge < -0.3 is 10.2 Å². The number of fused-ring (bicyclic) bond motifs is 1. The van der Waals surface area contributed by atoms with Gasteiger partial charge in [-0.15, -0.1) is 12.4 Å². The molecule has 1 aromatic carbocycles. The number of likely N-dealkylation sites (tertiary alicyclic amines) is 1. The van der Waals surface area contributed by atoms with E-state index in [9.17, 15) is 4.79 Å². The molecule has 0 radical (unpaired) electrons. The highest BCUT2D eigenvalue weighted by molar-refractivity contribution is 6.30. The maximum absolute atomic E-state index is 12.8. The van der Waals surface area contributed by atoms with Crippen molar-refractivity contribution in [1.29, 1.82) is 0 Å². The number of nitrogens with one attached hydrogen (secondary N) is 1. The van der Waals surface area contributed by atoms with Crippen LogP contribution in [0, 0.1) is 25.7 Å². The van der Waals surface area contributed by atoms with Crippen LogP contribution in [-0.2, 0) is 11.2 Å². The number of nitrogens with zero attached hydrogens (tertiary/aromatic N) is 3. The number of benzene rings is 1. The van der Waals surface area contributed by atoms with Gasteiger partial charge in [0.05, 0.1) is 17.8 Å². The number of rotatable bonds is 3. The summed E-state index contributed by atoms with van der Waals surface area (Å²) in [5.41, 5.74) is 3.94. The molecule has 26 heavy (non-hydrogen) atoms. The van der Waals surface area contributed by atoms with E-state index in [-0.39, 0.29) is 18.3 Å². The van der Waals surface area contributed by atoms with Crippen LogP contribution in [0.25, 0.3) is 5.69 Å². The van der Waals surface area contributed by atoms with Gasteiger partial charge in [-0.1, -0.05) is 11.6 Å². The summed E-state index contributed by atoms with van der Waals surface area (Å²) in [5, 5.41) is 8.76. The van der Waals surface area contributed by atoms with Crippen LogP contribution in [0.2, 0.25) is 5.02 Å². The lowest BCUT2D eigenvalue weighted by Gasteiger charge is -2.17. The van der Waals surface area contributed by atoms with Gasteiger partial charge in [-0.05, 0) is 49.9 Å². The van der Waals surface area contributed by atoms with Crippen LogP contribution in [-0.4, -0.2) is 46.8 Å². The van der Waals surface area contributed by atoms with Crippen LogP contribution in [0.1, 0.15) is 17.0 Å². The Morgan fingerprint density at radius 1 is 1.19 bits per heavy atom. The normalized spacial score (nSPS) is 21.6. The molecule has 2 fully saturated rings. The van der Waals surface area contributed by atoms with E-state index < -0.39 is 0 Å². The Bertz CT molecular complexity index is 791. The number of amides is 1. The van der Waals surface area contributed by atoms with Crippen LogP contribution >= 0.6 is 24.0 Å². The van der Waals surface area contributed by atoms with Crippen LogP contribution in [0.5, 0.6) is 0 Å². The summed E-state index contributed by atoms with van der Waals surface area (Å²) in [6.45, 7) is 7.87. The highest BCUT2D eigenvalue weighted by atomic mass is 35.5. The number of carbonyl (C=O) groups is 1. The molecule has 4 rings (SSSR count). The van der Waals surface area contributed by atoms with Crippen molar-refractivity contribution in [3.63, 3.8) is 0 Å². The third kappa shape index (κ3) is 3.48. The summed E-state index contributed by atoms with van der Waals surface area (Å²) in [4.78, 5) is 14.8. The molecular formula is C19H24Cl2N4O. The van der Waals surface area contributed by atoms with Crippen molar-refractivity contribution in [3.8, 4) is 5.69 Å². The van der Waals surface area contributed by atoms with Gasteiger partial charge in [0.15, 0.2) is 0 Å². The second-order valence-corrected chi connectivity index (χ2v) is 7.63. The number of carbonyl (C=O) groups excluding carboxylic acids is 1. The van der Waals surface area contributed by atoms with E-state index in [2.05, 4.69) is 10.4 Å². The molecule has 7 heteroatoms. The lowest BCUT2D eigenvalue weighted by Crippen LogP contribution is -2.33. The standard InChI is InChI=1S/C19H23ClN4O.ClH/c1-12-18(7-19(25)23-10-14-8-21-9-15(14)11-23)13(2)24(22-12)17-5-3-16(20)4-6-17;/h3-6,14-15,21H,7-11H2,1-2H3;1H/t14-,15+;. The monoisotopic (exact) mass is 394 g/mol. The summed E-state index contributed by atoms with van der Waals surface area (Å²) in [6, 6.07) is 7.61. The Morgan fingerprint density at radius 3 is 2.42 bits per heavy atom. The number of halogens is 2. The molecule has 0 spiro atoms. The van der Waals surface area contributed by atoms with Crippen molar-refractivity contribution in [2.24, 2.45) is 11.8 Å². The molecule has 2 atom stereocenters. The SMILES string of the molecule is Cc1nn(-c2ccc(Cl)cc2)c(C)c1CC(=O)N1C[C@H]2CNC[C@H]2C1.Cl. The van der Waals surface area contributed by atoms with Gasteiger partial charge in [0.2, 0.25) is 5.91 Å². The maximum atomic E-state index is 12.8. The fourth-order valence-electron chi connectivity index (χ4n) is 4.09. The van der Waals surface area contributed by atoms with Crippen molar-refractivity contribution in [2.45, 2.75) is 20.3 Å². The quantitative estimate of drug-likeness (QED) is 0.870. The summed E-state index contributed by atoms with van der Waals surface area (Å²) in [7, 11) is 0. The minimum Gasteiger partial charge on any atom is -0.342 e. The van der Waals surface area contributed by atoms with E-state index in [4.69, 9.17) is 11.6 Å². The average Bonchev–Trinajstić information content (AvgIpc) is 3.25. The van der Waals surface area contributed by atoms with Crippen molar-refractivity contribution >= 4 is 29.9 Å². The molecule has 2 aliphatic heterocycles. The molecule has 0 unspecified atom stereocenters. The first kappa shape index (κ1) is 19.2. The number of hydrogen-bond donors (Lipinski definition) is 1. The van der Waals surface area contributed by atoms with Gasteiger partial charge in [-0.2, -0.15) is 5.10 Å². The first-order chi connectivity index (χ1) is 12.0. The van der Waals surface area contributed by atoms with Crippen molar-refractivity contribution in [1.82, 2.24) is 20.0 Å². The van der Waals surface area contributed by atoms with E-state index in [1.165, 1.54) is 0 Å². The van der Waals surface area contributed by atoms with Crippen LogP contribution in [0.15, 0.2) is 24.3 Å². The lowest BCUT2D eigenvalue weighted by molar-refractivity contribution is -0.129. The zero-order valence-electron chi connectivity index (χ0n) is 15.0. The zero-order chi connectivity index (χ0) is 17.6. The van der Waals surface area contributed by atoms with Gasteiger partial charge >= 0.3 is 0 Å². The number of aryl methyl sites for hydroxylation is 1. The molecule has 5 nitrogen and oxygen atoms in total. The van der Waals surface area contributed by atoms with Gasteiger partial charge in [-0.3, -0.25) is 4.79 Å². The predicted octanol–water partition coefficient (Wildman–Crippen LogP) is 2.78. The molecular weight excluding hydrogens is 371 g/mol. The van der Waals surface area contributed by atoms with Crippen molar-refractivity contribution < 1.29 is 4.79 Å². The summed E-state index contributed by atoms with van der Waals surface area (Å²) in [5.74, 6) is 1.47. The first-order valence-electron chi connectivity index (χ1n) is 8.82. The smallest absolute Gasteiger partial charge is 0.227 e. The summed E-state index contributed by atoms with van der Waals surface area (Å²) < 4.78 is 1.90. The largest absolute Gasteiger partial charge is 0.342 e. The Labute approximate surface area is 165 Å². The molecule has 2 aliphatic rings. The number of aromatic nitrogens is 2. The maximum Gasteiger partial charge on any atom is 0.227 e. The zero-order valence-corrected chi connectivity index (χ0v) is 16.6. The highest BCUT2D eigenvalue weighted by Crippen LogP contribution is 2.27. The molecule has 0 bridgehead atoms. The van der Waals surface area contributed by atoms with Gasteiger partial charge in [0.1, 0.15) is 0 Å². The molecule has 1 amide bonds. The van der Waals surface area contributed by atoms with E-state index >= 15 is 0 Å². The third-order valence-electron chi connectivity index (χ3n) is 5.58. The minimum atomic E-state index is 0. The Hall–Kier alpha value is -1.56. The molecule has 3 heterocycles. The minimum absolute atomic E-state index is 0. The Balaban J connectivity index is 0.00000196. The van der Waals surface area contributed by atoms with Gasteiger partial charge in [-0.25, -0.2) is 4.68 Å². The first-order valence-corrected chi connectivity index (χ1v) is 9.20. The molecule has 1 aromatic heterocycles. The lowest BCUT2D eigenvalue weighted by atomic mass is 10.0. The molecule has 2 aromatic rings. The summed E-state index contributed by atoms with van der Waals surface area (Å²) in [6.07, 6.45) is 0.429. The fraction of sp³-hybridized carbons (Fsp3) is 0.474. The molecule has 1 N–H and O–H groups in total. The Kier molecular flexibility index (Phi) is 5.61. The van der Waals surface area contributed by atoms with Crippen molar-refractivity contribution in [2.75, 3.05) is 26.2 Å². The summed E-state index contributed by atoms with van der Waals surface area (Å²) >= 11 is 5.97. The molecule has 2 saturated heterocycles. The second kappa shape index (κ2) is 7.59. The van der Waals surface area contributed by atoms with E-state index in [1.807, 2.05) is 47.7 Å². The topological polar surface area (TPSA) is 50.2 Å². The van der Waals surface area contributed by atoms with Gasteiger partial charge in [0, 0.05) is 42.5 Å². The van der Waals surface area contributed by atoms with E-state index in [0.29, 0.717) is 23.3 Å². The predicted molar refractivity (Wildman–Crippen MR) is 105 cm³/mol. The average molecular weight is 395 g/mol. The van der Waals surface area contributed by atoms with E-state index in [0.717, 1.165) is 48.8 Å². The fourth-order valence-corrected chi connectivity index (χ4v) is 4.21.